The lowest BCUT2D eigenvalue weighted by molar-refractivity contribution is -0.139. The minimum Gasteiger partial charge on any atom is -0.469 e. The Hall–Kier alpha value is -1.39. The van der Waals surface area contributed by atoms with Crippen molar-refractivity contribution in [1.29, 1.82) is 0 Å². The number of methoxy groups -OCH3 is 1. The maximum Gasteiger partial charge on any atom is 0.309 e. The second kappa shape index (κ2) is 6.68. The van der Waals surface area contributed by atoms with E-state index in [0.29, 0.717) is 6.42 Å². The first kappa shape index (κ1) is 14.0. The first-order valence-electron chi connectivity index (χ1n) is 6.66. The van der Waals surface area contributed by atoms with Crippen molar-refractivity contribution >= 4 is 5.97 Å². The number of esters is 1. The van der Waals surface area contributed by atoms with Crippen molar-refractivity contribution in [2.45, 2.75) is 26.0 Å². The van der Waals surface area contributed by atoms with Crippen LogP contribution in [0.2, 0.25) is 0 Å². The lowest BCUT2D eigenvalue weighted by Crippen LogP contribution is -2.40. The third kappa shape index (κ3) is 4.04. The molecule has 0 aromatic heterocycles. The quantitative estimate of drug-likeness (QED) is 0.774. The number of ether oxygens (including phenoxy) is 2. The topological polar surface area (TPSA) is 38.8 Å². The van der Waals surface area contributed by atoms with Crippen molar-refractivity contribution in [2.75, 3.05) is 26.8 Å². The molecule has 0 bridgehead atoms. The third-order valence-corrected chi connectivity index (χ3v) is 3.40. The minimum atomic E-state index is -0.192. The Morgan fingerprint density at radius 3 is 2.84 bits per heavy atom. The fourth-order valence-corrected chi connectivity index (χ4v) is 2.39. The highest BCUT2D eigenvalue weighted by atomic mass is 16.5. The van der Waals surface area contributed by atoms with Crippen molar-refractivity contribution in [2.24, 2.45) is 0 Å². The van der Waals surface area contributed by atoms with Crippen LogP contribution in [0.1, 0.15) is 18.1 Å². The van der Waals surface area contributed by atoms with Gasteiger partial charge in [0, 0.05) is 19.6 Å². The van der Waals surface area contributed by atoms with Crippen LogP contribution in [0.4, 0.5) is 0 Å². The van der Waals surface area contributed by atoms with Gasteiger partial charge < -0.3 is 9.47 Å². The van der Waals surface area contributed by atoms with Crippen LogP contribution in [0, 0.1) is 0 Å². The summed E-state index contributed by atoms with van der Waals surface area (Å²) in [5.74, 6) is -0.192. The molecule has 1 heterocycles. The lowest BCUT2D eigenvalue weighted by Gasteiger charge is -2.31. The van der Waals surface area contributed by atoms with Crippen LogP contribution >= 0.6 is 0 Å². The largest absolute Gasteiger partial charge is 0.469 e. The van der Waals surface area contributed by atoms with Crippen LogP contribution in [0.25, 0.3) is 0 Å². The highest BCUT2D eigenvalue weighted by Gasteiger charge is 2.18. The van der Waals surface area contributed by atoms with Crippen molar-refractivity contribution in [1.82, 2.24) is 4.90 Å². The molecule has 104 valence electrons. The molecule has 1 unspecified atom stereocenters. The monoisotopic (exact) mass is 263 g/mol. The molecule has 1 aliphatic heterocycles. The Labute approximate surface area is 114 Å². The summed E-state index contributed by atoms with van der Waals surface area (Å²) in [7, 11) is 1.43. The molecule has 0 aliphatic carbocycles. The molecular weight excluding hydrogens is 242 g/mol. The van der Waals surface area contributed by atoms with E-state index in [2.05, 4.69) is 17.9 Å². The number of nitrogens with zero attached hydrogens (tertiary/aromatic N) is 1. The van der Waals surface area contributed by atoms with Gasteiger partial charge in [-0.15, -0.1) is 0 Å². The maximum absolute atomic E-state index is 11.4. The summed E-state index contributed by atoms with van der Waals surface area (Å²) in [6.07, 6.45) is 0.619. The van der Waals surface area contributed by atoms with Crippen LogP contribution in [0.3, 0.4) is 0 Å². The fourth-order valence-electron chi connectivity index (χ4n) is 2.39. The van der Waals surface area contributed by atoms with Gasteiger partial charge in [-0.25, -0.2) is 0 Å². The molecule has 1 aromatic carbocycles. The van der Waals surface area contributed by atoms with E-state index in [1.807, 2.05) is 18.2 Å². The normalized spacial score (nSPS) is 20.2. The molecule has 1 saturated heterocycles. The minimum absolute atomic E-state index is 0.192. The SMILES string of the molecule is COC(=O)Cc1ccccc1CN1CCOC(C)C1. The Bertz CT molecular complexity index is 433. The molecule has 0 amide bonds. The van der Waals surface area contributed by atoms with Gasteiger partial charge in [0.05, 0.1) is 26.2 Å². The second-order valence-corrected chi connectivity index (χ2v) is 4.94. The van der Waals surface area contributed by atoms with Gasteiger partial charge in [0.15, 0.2) is 0 Å². The number of benzene rings is 1. The predicted octanol–water partition coefficient (Wildman–Crippen LogP) is 1.62. The lowest BCUT2D eigenvalue weighted by atomic mass is 10.0. The summed E-state index contributed by atoms with van der Waals surface area (Å²) >= 11 is 0. The standard InChI is InChI=1S/C15H21NO3/c1-12-10-16(7-8-19-12)11-14-6-4-3-5-13(14)9-15(17)18-2/h3-6,12H,7-11H2,1-2H3. The molecule has 1 aliphatic rings. The predicted molar refractivity (Wildman–Crippen MR) is 72.9 cm³/mol. The summed E-state index contributed by atoms with van der Waals surface area (Å²) in [4.78, 5) is 13.8. The molecule has 1 atom stereocenters. The molecule has 4 nitrogen and oxygen atoms in total. The van der Waals surface area contributed by atoms with Crippen LogP contribution in [0.5, 0.6) is 0 Å². The van der Waals surface area contributed by atoms with E-state index in [1.165, 1.54) is 12.7 Å². The van der Waals surface area contributed by atoms with Crippen molar-refractivity contribution in [3.05, 3.63) is 35.4 Å². The summed E-state index contributed by atoms with van der Waals surface area (Å²) in [6, 6.07) is 8.05. The fraction of sp³-hybridized carbons (Fsp3) is 0.533. The van der Waals surface area contributed by atoms with Gasteiger partial charge in [-0.1, -0.05) is 24.3 Å². The van der Waals surface area contributed by atoms with Crippen molar-refractivity contribution < 1.29 is 14.3 Å². The average Bonchev–Trinajstić information content (AvgIpc) is 2.41. The van der Waals surface area contributed by atoms with Gasteiger partial charge in [0.1, 0.15) is 0 Å². The number of carbonyl (C=O) groups is 1. The Morgan fingerprint density at radius 2 is 2.16 bits per heavy atom. The van der Waals surface area contributed by atoms with Crippen LogP contribution in [-0.2, 0) is 27.2 Å². The van der Waals surface area contributed by atoms with Crippen LogP contribution in [-0.4, -0.2) is 43.8 Å². The van der Waals surface area contributed by atoms with Gasteiger partial charge in [-0.2, -0.15) is 0 Å². The van der Waals surface area contributed by atoms with E-state index < -0.39 is 0 Å². The highest BCUT2D eigenvalue weighted by Crippen LogP contribution is 2.15. The molecule has 0 radical (unpaired) electrons. The Kier molecular flexibility index (Phi) is 4.93. The van der Waals surface area contributed by atoms with Crippen LogP contribution < -0.4 is 0 Å². The molecule has 1 aromatic rings. The van der Waals surface area contributed by atoms with Crippen molar-refractivity contribution in [3.8, 4) is 0 Å². The van der Waals surface area contributed by atoms with Gasteiger partial charge in [0.25, 0.3) is 0 Å². The van der Waals surface area contributed by atoms with E-state index in [0.717, 1.165) is 31.8 Å². The Balaban J connectivity index is 2.04. The van der Waals surface area contributed by atoms with Gasteiger partial charge in [-0.3, -0.25) is 9.69 Å². The van der Waals surface area contributed by atoms with E-state index in [1.54, 1.807) is 0 Å². The highest BCUT2D eigenvalue weighted by molar-refractivity contribution is 5.72. The zero-order valence-corrected chi connectivity index (χ0v) is 11.6. The van der Waals surface area contributed by atoms with E-state index >= 15 is 0 Å². The van der Waals surface area contributed by atoms with E-state index in [4.69, 9.17) is 9.47 Å². The number of morpholine rings is 1. The first-order valence-corrected chi connectivity index (χ1v) is 6.66. The molecule has 19 heavy (non-hydrogen) atoms. The molecule has 4 heteroatoms. The molecule has 2 rings (SSSR count). The van der Waals surface area contributed by atoms with Gasteiger partial charge in [0.2, 0.25) is 0 Å². The molecule has 0 N–H and O–H groups in total. The molecule has 0 spiro atoms. The van der Waals surface area contributed by atoms with Gasteiger partial charge in [-0.05, 0) is 18.1 Å². The zero-order chi connectivity index (χ0) is 13.7. The number of carbonyl (C=O) groups excluding carboxylic acids is 1. The molecule has 0 saturated carbocycles. The summed E-state index contributed by atoms with van der Waals surface area (Å²) in [5.41, 5.74) is 2.25. The Morgan fingerprint density at radius 1 is 1.42 bits per heavy atom. The maximum atomic E-state index is 11.4. The molecule has 1 fully saturated rings. The number of hydrogen-bond acceptors (Lipinski definition) is 4. The number of hydrogen-bond donors (Lipinski definition) is 0. The average molecular weight is 263 g/mol. The summed E-state index contributed by atoms with van der Waals surface area (Å²) in [5, 5.41) is 0. The first-order chi connectivity index (χ1) is 9.19. The van der Waals surface area contributed by atoms with Gasteiger partial charge >= 0.3 is 5.97 Å². The molecular formula is C15H21NO3. The summed E-state index contributed by atoms with van der Waals surface area (Å²) < 4.78 is 10.3. The smallest absolute Gasteiger partial charge is 0.309 e. The zero-order valence-electron chi connectivity index (χ0n) is 11.6. The third-order valence-electron chi connectivity index (χ3n) is 3.40. The van der Waals surface area contributed by atoms with E-state index in [9.17, 15) is 4.79 Å². The summed E-state index contributed by atoms with van der Waals surface area (Å²) in [6.45, 7) is 5.61. The van der Waals surface area contributed by atoms with Crippen LogP contribution in [0.15, 0.2) is 24.3 Å². The number of rotatable bonds is 4. The second-order valence-electron chi connectivity index (χ2n) is 4.94. The van der Waals surface area contributed by atoms with Crippen molar-refractivity contribution in [3.63, 3.8) is 0 Å². The van der Waals surface area contributed by atoms with E-state index in [-0.39, 0.29) is 12.1 Å².